The summed E-state index contributed by atoms with van der Waals surface area (Å²) >= 11 is 0. The van der Waals surface area contributed by atoms with Crippen molar-refractivity contribution >= 4 is 23.8 Å². The van der Waals surface area contributed by atoms with E-state index >= 15 is 0 Å². The van der Waals surface area contributed by atoms with Crippen LogP contribution in [0, 0.1) is 29.6 Å². The molecule has 8 heteroatoms. The van der Waals surface area contributed by atoms with Gasteiger partial charge in [0.05, 0.1) is 17.9 Å². The van der Waals surface area contributed by atoms with Crippen molar-refractivity contribution < 1.29 is 29.3 Å². The average Bonchev–Trinajstić information content (AvgIpc) is 2.93. The lowest BCUT2D eigenvalue weighted by Crippen LogP contribution is -2.41. The number of anilines is 1. The number of hydrogen-bond donors (Lipinski definition) is 3. The molecule has 0 radical (unpaired) electrons. The molecule has 1 aliphatic heterocycles. The van der Waals surface area contributed by atoms with E-state index in [4.69, 9.17) is 15.2 Å². The summed E-state index contributed by atoms with van der Waals surface area (Å²) in [5.41, 5.74) is 8.05. The minimum Gasteiger partial charge on any atom is -0.482 e. The van der Waals surface area contributed by atoms with Crippen LogP contribution in [0.5, 0.6) is 5.75 Å². The molecule has 0 saturated carbocycles. The Morgan fingerprint density at radius 2 is 1.78 bits per heavy atom. The summed E-state index contributed by atoms with van der Waals surface area (Å²) in [5.74, 6) is -0.134. The third-order valence-electron chi connectivity index (χ3n) is 8.02. The molecule has 0 saturated heterocycles. The summed E-state index contributed by atoms with van der Waals surface area (Å²) in [6.07, 6.45) is 8.80. The average molecular weight is 571 g/mol. The lowest BCUT2D eigenvalue weighted by Gasteiger charge is -2.33. The van der Waals surface area contributed by atoms with Crippen LogP contribution in [-0.4, -0.2) is 54.2 Å². The van der Waals surface area contributed by atoms with Gasteiger partial charge in [-0.05, 0) is 43.4 Å². The first-order valence-corrected chi connectivity index (χ1v) is 14.6. The van der Waals surface area contributed by atoms with Crippen molar-refractivity contribution in [3.05, 3.63) is 53.6 Å². The molecule has 2 rings (SSSR count). The van der Waals surface area contributed by atoms with E-state index in [9.17, 15) is 19.8 Å². The highest BCUT2D eigenvalue weighted by Gasteiger charge is 2.33. The van der Waals surface area contributed by atoms with Crippen LogP contribution >= 0.6 is 0 Å². The van der Waals surface area contributed by atoms with Gasteiger partial charge in [-0.1, -0.05) is 83.6 Å². The Bertz CT molecular complexity index is 1110. The summed E-state index contributed by atoms with van der Waals surface area (Å²) in [6, 6.07) is 5.69. The Kier molecular flexibility index (Phi) is 13.1. The van der Waals surface area contributed by atoms with Crippen LogP contribution in [0.4, 0.5) is 10.5 Å². The van der Waals surface area contributed by atoms with E-state index in [1.807, 2.05) is 91.0 Å². The van der Waals surface area contributed by atoms with E-state index in [-0.39, 0.29) is 42.1 Å². The number of primary amides is 1. The van der Waals surface area contributed by atoms with Gasteiger partial charge in [-0.25, -0.2) is 4.79 Å². The van der Waals surface area contributed by atoms with Gasteiger partial charge in [0, 0.05) is 30.7 Å². The van der Waals surface area contributed by atoms with Gasteiger partial charge < -0.3 is 30.3 Å². The topological polar surface area (TPSA) is 122 Å². The Morgan fingerprint density at radius 3 is 2.41 bits per heavy atom. The number of amides is 2. The SMILES string of the molecule is CC/C=C\C(C)[C@H](OC(N)=O)[C@@H](C)[C@H](O)[C@@H](C)C/C(C)=C\[C@H](C)[C@@H](O)C(C)/C=C\c1ccc2c(c1)N(C)C(=O)CO2. The van der Waals surface area contributed by atoms with Gasteiger partial charge in [0.2, 0.25) is 0 Å². The standard InChI is InChI=1S/C33H50N2O6/c1-9-10-11-22(4)32(41-33(34)39)25(7)31(38)24(6)17-20(2)16-23(5)30(37)21(3)12-13-26-14-15-28-27(18-26)35(8)29(36)19-40-28/h10-16,18,21-25,30-32,37-38H,9,17,19H2,1-8H3,(H2,34,39)/b11-10-,13-12-,20-16-/t21?,22?,23-,24-,25-,30-,31+,32-/m0/s1. The molecule has 41 heavy (non-hydrogen) atoms. The Morgan fingerprint density at radius 1 is 1.10 bits per heavy atom. The van der Waals surface area contributed by atoms with Gasteiger partial charge in [-0.3, -0.25) is 4.79 Å². The van der Waals surface area contributed by atoms with Gasteiger partial charge in [0.1, 0.15) is 11.9 Å². The van der Waals surface area contributed by atoms with Crippen LogP contribution in [0.1, 0.15) is 66.9 Å². The molecule has 0 aliphatic carbocycles. The molecule has 0 bridgehead atoms. The highest BCUT2D eigenvalue weighted by atomic mass is 16.6. The van der Waals surface area contributed by atoms with Crippen molar-refractivity contribution in [3.8, 4) is 5.75 Å². The predicted octanol–water partition coefficient (Wildman–Crippen LogP) is 5.72. The number of nitrogens with zero attached hydrogens (tertiary/aromatic N) is 1. The molecular weight excluding hydrogens is 520 g/mol. The van der Waals surface area contributed by atoms with Crippen LogP contribution in [0.25, 0.3) is 6.08 Å². The van der Waals surface area contributed by atoms with Crippen LogP contribution in [0.3, 0.4) is 0 Å². The number of benzene rings is 1. The maximum absolute atomic E-state index is 12.0. The maximum Gasteiger partial charge on any atom is 0.404 e. The number of carbonyl (C=O) groups is 2. The van der Waals surface area contributed by atoms with Crippen LogP contribution in [0.15, 0.2) is 48.1 Å². The van der Waals surface area contributed by atoms with Crippen molar-refractivity contribution in [1.82, 2.24) is 0 Å². The van der Waals surface area contributed by atoms with Crippen molar-refractivity contribution in [2.24, 2.45) is 35.3 Å². The minimum atomic E-state index is -0.844. The van der Waals surface area contributed by atoms with Crippen LogP contribution < -0.4 is 15.4 Å². The zero-order valence-electron chi connectivity index (χ0n) is 25.9. The lowest BCUT2D eigenvalue weighted by molar-refractivity contribution is -0.120. The van der Waals surface area contributed by atoms with Gasteiger partial charge in [0.15, 0.2) is 6.61 Å². The molecule has 1 heterocycles. The quantitative estimate of drug-likeness (QED) is 0.246. The molecular formula is C33H50N2O6. The molecule has 2 unspecified atom stereocenters. The monoisotopic (exact) mass is 570 g/mol. The maximum atomic E-state index is 12.0. The fourth-order valence-corrected chi connectivity index (χ4v) is 5.49. The first-order chi connectivity index (χ1) is 19.3. The first kappa shape index (κ1) is 34.1. The number of ether oxygens (including phenoxy) is 2. The van der Waals surface area contributed by atoms with Crippen molar-refractivity contribution in [3.63, 3.8) is 0 Å². The number of aliphatic hydroxyl groups is 2. The highest BCUT2D eigenvalue weighted by Crippen LogP contribution is 2.33. The molecule has 4 N–H and O–H groups in total. The van der Waals surface area contributed by atoms with Crippen molar-refractivity contribution in [2.45, 2.75) is 79.6 Å². The van der Waals surface area contributed by atoms with E-state index in [1.165, 1.54) is 0 Å². The Labute approximate surface area is 245 Å². The summed E-state index contributed by atoms with van der Waals surface area (Å²) in [4.78, 5) is 25.1. The number of rotatable bonds is 14. The number of carbonyl (C=O) groups excluding carboxylic acids is 2. The fraction of sp³-hybridized carbons (Fsp3) is 0.576. The van der Waals surface area contributed by atoms with Gasteiger partial charge >= 0.3 is 6.09 Å². The van der Waals surface area contributed by atoms with E-state index in [0.717, 1.165) is 23.2 Å². The fourth-order valence-electron chi connectivity index (χ4n) is 5.49. The zero-order chi connectivity index (χ0) is 30.9. The number of fused-ring (bicyclic) bond motifs is 1. The smallest absolute Gasteiger partial charge is 0.404 e. The summed E-state index contributed by atoms with van der Waals surface area (Å²) < 4.78 is 10.9. The van der Waals surface area contributed by atoms with E-state index < -0.39 is 24.4 Å². The van der Waals surface area contributed by atoms with Gasteiger partial charge in [0.25, 0.3) is 5.91 Å². The minimum absolute atomic E-state index is 0.0452. The van der Waals surface area contributed by atoms with Crippen molar-refractivity contribution in [2.75, 3.05) is 18.6 Å². The molecule has 1 aliphatic rings. The molecule has 8 nitrogen and oxygen atoms in total. The van der Waals surface area contributed by atoms with E-state index in [2.05, 4.69) is 6.08 Å². The second-order valence-electron chi connectivity index (χ2n) is 11.7. The molecule has 8 atom stereocenters. The largest absolute Gasteiger partial charge is 0.482 e. The first-order valence-electron chi connectivity index (χ1n) is 14.6. The van der Waals surface area contributed by atoms with Crippen LogP contribution in [0.2, 0.25) is 0 Å². The number of allylic oxidation sites excluding steroid dienone is 2. The summed E-state index contributed by atoms with van der Waals surface area (Å²) in [6.45, 7) is 13.9. The van der Waals surface area contributed by atoms with Crippen LogP contribution in [-0.2, 0) is 9.53 Å². The third kappa shape index (κ3) is 9.75. The molecule has 0 spiro atoms. The highest BCUT2D eigenvalue weighted by molar-refractivity contribution is 5.97. The number of nitrogens with two attached hydrogens (primary N) is 1. The molecule has 228 valence electrons. The molecule has 1 aromatic carbocycles. The lowest BCUT2D eigenvalue weighted by atomic mass is 9.81. The molecule has 0 fully saturated rings. The second-order valence-corrected chi connectivity index (χ2v) is 11.7. The predicted molar refractivity (Wildman–Crippen MR) is 164 cm³/mol. The number of hydrogen-bond acceptors (Lipinski definition) is 6. The van der Waals surface area contributed by atoms with E-state index in [0.29, 0.717) is 12.2 Å². The normalized spacial score (nSPS) is 20.1. The number of aliphatic hydroxyl groups excluding tert-OH is 2. The van der Waals surface area contributed by atoms with Crippen molar-refractivity contribution in [1.29, 1.82) is 0 Å². The molecule has 1 aromatic rings. The summed E-state index contributed by atoms with van der Waals surface area (Å²) in [5, 5.41) is 22.2. The molecule has 2 amide bonds. The number of likely N-dealkylation sites (N-methyl/N-ethyl adjacent to an activating group) is 1. The van der Waals surface area contributed by atoms with E-state index in [1.54, 1.807) is 11.9 Å². The summed E-state index contributed by atoms with van der Waals surface area (Å²) in [7, 11) is 1.74. The van der Waals surface area contributed by atoms with Gasteiger partial charge in [-0.15, -0.1) is 0 Å². The Balaban J connectivity index is 2.02. The third-order valence-corrected chi connectivity index (χ3v) is 8.02. The Hall–Kier alpha value is -3.10. The zero-order valence-corrected chi connectivity index (χ0v) is 25.9. The van der Waals surface area contributed by atoms with Gasteiger partial charge in [-0.2, -0.15) is 0 Å². The molecule has 0 aromatic heterocycles. The second kappa shape index (κ2) is 15.8.